The SMILES string of the molecule is CCC1CCCCCN1C(CN)c1c(F)cccc1F. The highest BCUT2D eigenvalue weighted by Crippen LogP contribution is 2.31. The van der Waals surface area contributed by atoms with Crippen LogP contribution in [0.15, 0.2) is 18.2 Å². The molecule has 2 N–H and O–H groups in total. The molecule has 0 aliphatic carbocycles. The average molecular weight is 282 g/mol. The second-order valence-electron chi connectivity index (χ2n) is 5.54. The van der Waals surface area contributed by atoms with Gasteiger partial charge in [0.1, 0.15) is 11.6 Å². The molecule has 2 atom stereocenters. The number of hydrogen-bond donors (Lipinski definition) is 1. The summed E-state index contributed by atoms with van der Waals surface area (Å²) in [7, 11) is 0. The number of halogens is 2. The molecule has 0 spiro atoms. The van der Waals surface area contributed by atoms with Crippen LogP contribution in [0.4, 0.5) is 8.78 Å². The second kappa shape index (κ2) is 7.14. The van der Waals surface area contributed by atoms with Gasteiger partial charge in [-0.05, 0) is 37.9 Å². The zero-order chi connectivity index (χ0) is 14.5. The first-order valence-electron chi connectivity index (χ1n) is 7.58. The maximum absolute atomic E-state index is 14.1. The monoisotopic (exact) mass is 282 g/mol. The van der Waals surface area contributed by atoms with Gasteiger partial charge in [0.15, 0.2) is 0 Å². The lowest BCUT2D eigenvalue weighted by Gasteiger charge is -2.36. The molecule has 0 amide bonds. The van der Waals surface area contributed by atoms with Crippen LogP contribution in [0.3, 0.4) is 0 Å². The Morgan fingerprint density at radius 2 is 1.95 bits per heavy atom. The van der Waals surface area contributed by atoms with E-state index in [9.17, 15) is 8.78 Å². The van der Waals surface area contributed by atoms with Crippen molar-refractivity contribution in [3.05, 3.63) is 35.4 Å². The van der Waals surface area contributed by atoms with Gasteiger partial charge in [-0.15, -0.1) is 0 Å². The molecule has 2 nitrogen and oxygen atoms in total. The molecular weight excluding hydrogens is 258 g/mol. The third kappa shape index (κ3) is 3.18. The standard InChI is InChI=1S/C16H24F2N2/c1-2-12-7-4-3-5-10-20(12)15(11-19)16-13(17)8-6-9-14(16)18/h6,8-9,12,15H,2-5,7,10-11,19H2,1H3. The van der Waals surface area contributed by atoms with Crippen molar-refractivity contribution in [2.24, 2.45) is 5.73 Å². The van der Waals surface area contributed by atoms with Crippen molar-refractivity contribution in [3.63, 3.8) is 0 Å². The lowest BCUT2D eigenvalue weighted by Crippen LogP contribution is -2.41. The Morgan fingerprint density at radius 1 is 1.25 bits per heavy atom. The van der Waals surface area contributed by atoms with Crippen molar-refractivity contribution in [2.75, 3.05) is 13.1 Å². The van der Waals surface area contributed by atoms with Gasteiger partial charge in [0.05, 0.1) is 6.04 Å². The van der Waals surface area contributed by atoms with Gasteiger partial charge in [0.25, 0.3) is 0 Å². The van der Waals surface area contributed by atoms with Crippen molar-refractivity contribution < 1.29 is 8.78 Å². The minimum absolute atomic E-state index is 0.135. The van der Waals surface area contributed by atoms with E-state index in [4.69, 9.17) is 5.73 Å². The van der Waals surface area contributed by atoms with E-state index in [1.54, 1.807) is 0 Å². The van der Waals surface area contributed by atoms with Crippen LogP contribution in [0.5, 0.6) is 0 Å². The van der Waals surface area contributed by atoms with E-state index in [0.29, 0.717) is 6.04 Å². The van der Waals surface area contributed by atoms with E-state index in [-0.39, 0.29) is 18.2 Å². The van der Waals surface area contributed by atoms with E-state index in [2.05, 4.69) is 11.8 Å². The Labute approximate surface area is 120 Å². The lowest BCUT2D eigenvalue weighted by molar-refractivity contribution is 0.130. The van der Waals surface area contributed by atoms with Crippen molar-refractivity contribution in [2.45, 2.75) is 51.1 Å². The van der Waals surface area contributed by atoms with Crippen molar-refractivity contribution in [3.8, 4) is 0 Å². The van der Waals surface area contributed by atoms with Crippen molar-refractivity contribution in [1.29, 1.82) is 0 Å². The summed E-state index contributed by atoms with van der Waals surface area (Å²) in [5, 5.41) is 0. The summed E-state index contributed by atoms with van der Waals surface area (Å²) in [5.74, 6) is -0.973. The summed E-state index contributed by atoms with van der Waals surface area (Å²) in [6.07, 6.45) is 5.52. The molecule has 0 radical (unpaired) electrons. The zero-order valence-corrected chi connectivity index (χ0v) is 12.1. The second-order valence-corrected chi connectivity index (χ2v) is 5.54. The van der Waals surface area contributed by atoms with Gasteiger partial charge in [-0.2, -0.15) is 0 Å². The molecule has 112 valence electrons. The molecule has 0 aromatic heterocycles. The fourth-order valence-electron chi connectivity index (χ4n) is 3.30. The fourth-order valence-corrected chi connectivity index (χ4v) is 3.30. The molecular formula is C16H24F2N2. The van der Waals surface area contributed by atoms with Gasteiger partial charge >= 0.3 is 0 Å². The third-order valence-corrected chi connectivity index (χ3v) is 4.35. The molecule has 1 aliphatic rings. The quantitative estimate of drug-likeness (QED) is 0.914. The first-order valence-corrected chi connectivity index (χ1v) is 7.58. The molecule has 0 saturated carbocycles. The van der Waals surface area contributed by atoms with Crippen LogP contribution in [0.2, 0.25) is 0 Å². The van der Waals surface area contributed by atoms with Crippen LogP contribution in [0.1, 0.15) is 50.6 Å². The topological polar surface area (TPSA) is 29.3 Å². The van der Waals surface area contributed by atoms with Crippen LogP contribution in [-0.2, 0) is 0 Å². The summed E-state index contributed by atoms with van der Waals surface area (Å²) < 4.78 is 28.1. The number of nitrogens with zero attached hydrogens (tertiary/aromatic N) is 1. The van der Waals surface area contributed by atoms with Gasteiger partial charge < -0.3 is 5.73 Å². The largest absolute Gasteiger partial charge is 0.329 e. The molecule has 1 saturated heterocycles. The molecule has 1 heterocycles. The normalized spacial score (nSPS) is 22.5. The van der Waals surface area contributed by atoms with Crippen LogP contribution in [0.25, 0.3) is 0 Å². The Balaban J connectivity index is 2.34. The van der Waals surface area contributed by atoms with E-state index >= 15 is 0 Å². The number of likely N-dealkylation sites (tertiary alicyclic amines) is 1. The van der Waals surface area contributed by atoms with Crippen LogP contribution >= 0.6 is 0 Å². The molecule has 1 aliphatic heterocycles. The number of rotatable bonds is 4. The van der Waals surface area contributed by atoms with E-state index in [1.807, 2.05) is 0 Å². The summed E-state index contributed by atoms with van der Waals surface area (Å²) in [5.41, 5.74) is 6.00. The Bertz CT molecular complexity index is 416. The van der Waals surface area contributed by atoms with Gasteiger partial charge in [-0.3, -0.25) is 4.90 Å². The van der Waals surface area contributed by atoms with Crippen LogP contribution < -0.4 is 5.73 Å². The Hall–Kier alpha value is -1.00. The highest BCUT2D eigenvalue weighted by atomic mass is 19.1. The lowest BCUT2D eigenvalue weighted by atomic mass is 9.99. The maximum atomic E-state index is 14.1. The smallest absolute Gasteiger partial charge is 0.130 e. The Kier molecular flexibility index (Phi) is 5.49. The average Bonchev–Trinajstić information content (AvgIpc) is 2.68. The van der Waals surface area contributed by atoms with Gasteiger partial charge in [0, 0.05) is 18.2 Å². The molecule has 2 rings (SSSR count). The molecule has 2 unspecified atom stereocenters. The van der Waals surface area contributed by atoms with E-state index in [1.165, 1.54) is 31.0 Å². The van der Waals surface area contributed by atoms with Crippen molar-refractivity contribution >= 4 is 0 Å². The van der Waals surface area contributed by atoms with Crippen LogP contribution in [-0.4, -0.2) is 24.0 Å². The van der Waals surface area contributed by atoms with E-state index < -0.39 is 11.6 Å². The molecule has 4 heteroatoms. The first-order chi connectivity index (χ1) is 9.69. The molecule has 1 aromatic rings. The summed E-state index contributed by atoms with van der Waals surface area (Å²) in [4.78, 5) is 2.22. The number of benzene rings is 1. The summed E-state index contributed by atoms with van der Waals surface area (Å²) >= 11 is 0. The zero-order valence-electron chi connectivity index (χ0n) is 12.1. The summed E-state index contributed by atoms with van der Waals surface area (Å²) in [6, 6.07) is 4.05. The molecule has 1 aromatic carbocycles. The fraction of sp³-hybridized carbons (Fsp3) is 0.625. The molecule has 1 fully saturated rings. The van der Waals surface area contributed by atoms with Crippen molar-refractivity contribution in [1.82, 2.24) is 4.90 Å². The number of nitrogens with two attached hydrogens (primary N) is 1. The maximum Gasteiger partial charge on any atom is 0.130 e. The first kappa shape index (κ1) is 15.4. The number of hydrogen-bond acceptors (Lipinski definition) is 2. The minimum atomic E-state index is -0.487. The van der Waals surface area contributed by atoms with Gasteiger partial charge in [0.2, 0.25) is 0 Å². The predicted molar refractivity (Wildman–Crippen MR) is 77.4 cm³/mol. The molecule has 20 heavy (non-hydrogen) atoms. The third-order valence-electron chi connectivity index (χ3n) is 4.35. The highest BCUT2D eigenvalue weighted by Gasteiger charge is 2.30. The minimum Gasteiger partial charge on any atom is -0.329 e. The van der Waals surface area contributed by atoms with Gasteiger partial charge in [-0.25, -0.2) is 8.78 Å². The molecule has 0 bridgehead atoms. The summed E-state index contributed by atoms with van der Waals surface area (Å²) in [6.45, 7) is 3.25. The van der Waals surface area contributed by atoms with E-state index in [0.717, 1.165) is 25.8 Å². The highest BCUT2D eigenvalue weighted by molar-refractivity contribution is 5.24. The predicted octanol–water partition coefficient (Wildman–Crippen LogP) is 3.62. The Morgan fingerprint density at radius 3 is 2.55 bits per heavy atom. The van der Waals surface area contributed by atoms with Gasteiger partial charge in [-0.1, -0.05) is 25.8 Å². The van der Waals surface area contributed by atoms with Crippen LogP contribution in [0, 0.1) is 11.6 Å².